The van der Waals surface area contributed by atoms with Crippen LogP contribution in [0.15, 0.2) is 0 Å². The predicted molar refractivity (Wildman–Crippen MR) is 114 cm³/mol. The minimum absolute atomic E-state index is 0.211. The zero-order valence-electron chi connectivity index (χ0n) is 18.3. The number of hydrogen-bond donors (Lipinski definition) is 3. The van der Waals surface area contributed by atoms with Crippen molar-refractivity contribution in [1.29, 1.82) is 0 Å². The molecular formula is C19H39N7O4. The minimum Gasteiger partial charge on any atom is -0.379 e. The Balaban J connectivity index is 0.000000226. The molecule has 0 aromatic rings. The Bertz CT molecular complexity index is 515. The van der Waals surface area contributed by atoms with Crippen molar-refractivity contribution in [2.75, 3.05) is 92.3 Å². The van der Waals surface area contributed by atoms with Crippen LogP contribution in [0.2, 0.25) is 0 Å². The normalized spacial score (nSPS) is 21.1. The smallest absolute Gasteiger partial charge is 0.231 e. The number of carbonyl (C=O) groups excluding carboxylic acids is 3. The fourth-order valence-electron chi connectivity index (χ4n) is 3.37. The van der Waals surface area contributed by atoms with Gasteiger partial charge in [0, 0.05) is 39.3 Å². The second kappa shape index (κ2) is 15.1. The van der Waals surface area contributed by atoms with Gasteiger partial charge in [-0.25, -0.2) is 0 Å². The number of primary amides is 3. The molecular weight excluding hydrogens is 390 g/mol. The molecule has 0 radical (unpaired) electrons. The van der Waals surface area contributed by atoms with Crippen molar-refractivity contribution in [2.45, 2.75) is 12.8 Å². The molecule has 3 aliphatic rings. The van der Waals surface area contributed by atoms with E-state index in [4.69, 9.17) is 21.9 Å². The molecule has 3 fully saturated rings. The number of likely N-dealkylation sites (N-methyl/N-ethyl adjacent to an activating group) is 1. The summed E-state index contributed by atoms with van der Waals surface area (Å²) >= 11 is 0. The number of carbonyl (C=O) groups is 3. The van der Waals surface area contributed by atoms with E-state index < -0.39 is 0 Å². The molecule has 3 rings (SSSR count). The van der Waals surface area contributed by atoms with Gasteiger partial charge in [-0.05, 0) is 33.0 Å². The van der Waals surface area contributed by atoms with Crippen molar-refractivity contribution < 1.29 is 19.1 Å². The van der Waals surface area contributed by atoms with Crippen LogP contribution < -0.4 is 17.2 Å². The molecule has 174 valence electrons. The lowest BCUT2D eigenvalue weighted by Crippen LogP contribution is -2.47. The van der Waals surface area contributed by atoms with Crippen molar-refractivity contribution >= 4 is 17.7 Å². The number of amides is 3. The van der Waals surface area contributed by atoms with Gasteiger partial charge in [0.05, 0.1) is 32.8 Å². The fourth-order valence-corrected chi connectivity index (χ4v) is 3.37. The third kappa shape index (κ3) is 13.4. The molecule has 3 aliphatic heterocycles. The van der Waals surface area contributed by atoms with E-state index in [1.54, 1.807) is 0 Å². The monoisotopic (exact) mass is 429 g/mol. The molecule has 3 heterocycles. The van der Waals surface area contributed by atoms with Crippen LogP contribution in [0.25, 0.3) is 0 Å². The lowest BCUT2D eigenvalue weighted by Gasteiger charge is -2.31. The summed E-state index contributed by atoms with van der Waals surface area (Å²) in [7, 11) is 2.08. The second-order valence-corrected chi connectivity index (χ2v) is 7.85. The number of morpholine rings is 1. The molecule has 3 amide bonds. The Kier molecular flexibility index (Phi) is 13.2. The van der Waals surface area contributed by atoms with E-state index in [9.17, 15) is 14.4 Å². The zero-order chi connectivity index (χ0) is 22.4. The molecule has 0 saturated carbocycles. The first-order chi connectivity index (χ1) is 14.3. The van der Waals surface area contributed by atoms with Gasteiger partial charge in [-0.1, -0.05) is 0 Å². The summed E-state index contributed by atoms with van der Waals surface area (Å²) in [4.78, 5) is 39.7. The Morgan fingerprint density at radius 2 is 1.00 bits per heavy atom. The number of nitrogens with two attached hydrogens (primary N) is 3. The van der Waals surface area contributed by atoms with Crippen LogP contribution in [0.5, 0.6) is 0 Å². The maximum Gasteiger partial charge on any atom is 0.231 e. The summed E-state index contributed by atoms with van der Waals surface area (Å²) in [6, 6.07) is 0. The molecule has 0 bridgehead atoms. The summed E-state index contributed by atoms with van der Waals surface area (Å²) < 4.78 is 5.09. The molecule has 0 spiro atoms. The van der Waals surface area contributed by atoms with Gasteiger partial charge >= 0.3 is 0 Å². The topological polar surface area (TPSA) is 151 Å². The van der Waals surface area contributed by atoms with E-state index in [2.05, 4.69) is 21.7 Å². The highest BCUT2D eigenvalue weighted by atomic mass is 16.5. The van der Waals surface area contributed by atoms with Crippen LogP contribution in [0.1, 0.15) is 12.8 Å². The predicted octanol–water partition coefficient (Wildman–Crippen LogP) is -2.91. The number of nitrogens with zero attached hydrogens (tertiary/aromatic N) is 4. The molecule has 30 heavy (non-hydrogen) atoms. The van der Waals surface area contributed by atoms with Gasteiger partial charge in [-0.15, -0.1) is 0 Å². The molecule has 0 unspecified atom stereocenters. The first-order valence-electron chi connectivity index (χ1n) is 10.5. The lowest BCUT2D eigenvalue weighted by atomic mass is 10.3. The average Bonchev–Trinajstić information content (AvgIpc) is 3.17. The second-order valence-electron chi connectivity index (χ2n) is 7.85. The Morgan fingerprint density at radius 1 is 0.633 bits per heavy atom. The number of hydrogen-bond acceptors (Lipinski definition) is 8. The van der Waals surface area contributed by atoms with Crippen LogP contribution in [-0.4, -0.2) is 130 Å². The van der Waals surface area contributed by atoms with E-state index in [-0.39, 0.29) is 17.7 Å². The van der Waals surface area contributed by atoms with Crippen LogP contribution in [0, 0.1) is 0 Å². The van der Waals surface area contributed by atoms with E-state index >= 15 is 0 Å². The third-order valence-corrected chi connectivity index (χ3v) is 5.04. The zero-order valence-corrected chi connectivity index (χ0v) is 18.3. The molecule has 0 atom stereocenters. The van der Waals surface area contributed by atoms with Crippen LogP contribution in [0.4, 0.5) is 0 Å². The number of rotatable bonds is 6. The molecule has 0 aromatic heterocycles. The van der Waals surface area contributed by atoms with E-state index in [1.165, 1.54) is 12.8 Å². The Hall–Kier alpha value is -1.79. The van der Waals surface area contributed by atoms with Crippen molar-refractivity contribution in [3.63, 3.8) is 0 Å². The van der Waals surface area contributed by atoms with E-state index in [0.29, 0.717) is 32.8 Å². The highest BCUT2D eigenvalue weighted by Crippen LogP contribution is 2.05. The van der Waals surface area contributed by atoms with Crippen molar-refractivity contribution in [2.24, 2.45) is 17.2 Å². The standard InChI is InChI=1S/C7H15N3O.C6H12N2O2.C6H12N2O/c1-9-2-4-10(5-3-9)6-7(8)11;7-6(9)5-8-1-3-10-4-2-8;7-6(9)5-8-3-1-2-4-8/h2-6H2,1H3,(H2,8,11);1-5H2,(H2,7,9);1-5H2,(H2,7,9). The number of ether oxygens (including phenoxy) is 1. The van der Waals surface area contributed by atoms with Crippen LogP contribution in [-0.2, 0) is 19.1 Å². The van der Waals surface area contributed by atoms with Gasteiger partial charge in [-0.2, -0.15) is 0 Å². The van der Waals surface area contributed by atoms with Gasteiger partial charge in [-0.3, -0.25) is 29.1 Å². The average molecular weight is 430 g/mol. The fraction of sp³-hybridized carbons (Fsp3) is 0.842. The minimum atomic E-state index is -0.262. The summed E-state index contributed by atoms with van der Waals surface area (Å²) in [5, 5.41) is 0. The van der Waals surface area contributed by atoms with Crippen molar-refractivity contribution in [3.8, 4) is 0 Å². The molecule has 11 heteroatoms. The number of piperazine rings is 1. The summed E-state index contributed by atoms with van der Waals surface area (Å²) in [5.41, 5.74) is 15.1. The molecule has 0 aliphatic carbocycles. The van der Waals surface area contributed by atoms with Gasteiger partial charge in [0.1, 0.15) is 0 Å². The maximum atomic E-state index is 10.5. The first kappa shape index (κ1) is 26.2. The summed E-state index contributed by atoms with van der Waals surface area (Å²) in [6.07, 6.45) is 2.43. The highest BCUT2D eigenvalue weighted by Gasteiger charge is 2.15. The lowest BCUT2D eigenvalue weighted by molar-refractivity contribution is -0.120. The third-order valence-electron chi connectivity index (χ3n) is 5.04. The van der Waals surface area contributed by atoms with Crippen molar-refractivity contribution in [1.82, 2.24) is 19.6 Å². The van der Waals surface area contributed by atoms with Crippen LogP contribution in [0.3, 0.4) is 0 Å². The number of likely N-dealkylation sites (tertiary alicyclic amines) is 1. The maximum absolute atomic E-state index is 10.5. The van der Waals surface area contributed by atoms with Gasteiger partial charge in [0.25, 0.3) is 0 Å². The van der Waals surface area contributed by atoms with Gasteiger partial charge in [0.15, 0.2) is 0 Å². The molecule has 0 aromatic carbocycles. The summed E-state index contributed by atoms with van der Waals surface area (Å²) in [6.45, 7) is 10.4. The van der Waals surface area contributed by atoms with Crippen LogP contribution >= 0.6 is 0 Å². The van der Waals surface area contributed by atoms with Gasteiger partial charge in [0.2, 0.25) is 17.7 Å². The van der Waals surface area contributed by atoms with E-state index in [1.807, 2.05) is 4.90 Å². The van der Waals surface area contributed by atoms with Crippen molar-refractivity contribution in [3.05, 3.63) is 0 Å². The summed E-state index contributed by atoms with van der Waals surface area (Å²) in [5.74, 6) is -0.701. The Morgan fingerprint density at radius 3 is 1.40 bits per heavy atom. The highest BCUT2D eigenvalue weighted by molar-refractivity contribution is 5.76. The first-order valence-corrected chi connectivity index (χ1v) is 10.5. The quantitative estimate of drug-likeness (QED) is 0.406. The van der Waals surface area contributed by atoms with E-state index in [0.717, 1.165) is 52.4 Å². The molecule has 11 nitrogen and oxygen atoms in total. The molecule has 6 N–H and O–H groups in total. The molecule has 3 saturated heterocycles. The Labute approximate surface area is 179 Å². The van der Waals surface area contributed by atoms with Gasteiger partial charge < -0.3 is 26.8 Å². The largest absolute Gasteiger partial charge is 0.379 e. The SMILES string of the molecule is CN1CCN(CC(N)=O)CC1.NC(=O)CN1CCCC1.NC(=O)CN1CCOCC1.